The summed E-state index contributed by atoms with van der Waals surface area (Å²) in [4.78, 5) is 16.8. The Balaban J connectivity index is 1.59. The second kappa shape index (κ2) is 18.4. The zero-order valence-corrected chi connectivity index (χ0v) is 22.8. The van der Waals surface area contributed by atoms with Crippen molar-refractivity contribution in [2.45, 2.75) is 129 Å². The van der Waals surface area contributed by atoms with Gasteiger partial charge in [0.2, 0.25) is 5.91 Å². The Morgan fingerprint density at radius 3 is 1.91 bits per heavy atom. The van der Waals surface area contributed by atoms with Gasteiger partial charge in [0.05, 0.1) is 17.1 Å². The van der Waals surface area contributed by atoms with Crippen molar-refractivity contribution in [2.24, 2.45) is 0 Å². The number of carbonyl (C=O) groups excluding carboxylic acids is 1. The summed E-state index contributed by atoms with van der Waals surface area (Å²) < 4.78 is 7.24. The topological polar surface area (TPSA) is 56.2 Å². The number of benzene rings is 1. The van der Waals surface area contributed by atoms with E-state index in [9.17, 15) is 4.79 Å². The van der Waals surface area contributed by atoms with Crippen molar-refractivity contribution in [3.05, 3.63) is 30.1 Å². The predicted octanol–water partition coefficient (Wildman–Crippen LogP) is 8.12. The summed E-state index contributed by atoms with van der Waals surface area (Å²) in [6, 6.07) is 8.11. The highest BCUT2D eigenvalue weighted by atomic mass is 16.5. The zero-order chi connectivity index (χ0) is 25.1. The Morgan fingerprint density at radius 1 is 0.857 bits per heavy atom. The van der Waals surface area contributed by atoms with E-state index < -0.39 is 0 Å². The van der Waals surface area contributed by atoms with Crippen LogP contribution in [0.2, 0.25) is 0 Å². The summed E-state index contributed by atoms with van der Waals surface area (Å²) in [5, 5.41) is 3.01. The van der Waals surface area contributed by atoms with Gasteiger partial charge in [-0.05, 0) is 25.5 Å². The number of carbonyl (C=O) groups is 1. The Hall–Kier alpha value is -1.88. The molecule has 0 spiro atoms. The molecule has 2 aromatic rings. The second-order valence-corrected chi connectivity index (χ2v) is 10.1. The first-order chi connectivity index (χ1) is 17.2. The molecule has 1 atom stereocenters. The summed E-state index contributed by atoms with van der Waals surface area (Å²) in [7, 11) is 1.54. The number of rotatable bonds is 21. The van der Waals surface area contributed by atoms with Crippen LogP contribution in [-0.4, -0.2) is 29.2 Å². The number of nitrogens with one attached hydrogen (secondary N) is 1. The van der Waals surface area contributed by atoms with Crippen molar-refractivity contribution in [1.29, 1.82) is 0 Å². The molecule has 1 heterocycles. The van der Waals surface area contributed by atoms with E-state index in [0.717, 1.165) is 29.8 Å². The summed E-state index contributed by atoms with van der Waals surface area (Å²) in [6.45, 7) is 5.30. The lowest BCUT2D eigenvalue weighted by Crippen LogP contribution is -2.31. The van der Waals surface area contributed by atoms with Crippen LogP contribution in [0.5, 0.6) is 0 Å². The number of unbranched alkanes of at least 4 members (excludes halogenated alkanes) is 15. The average Bonchev–Trinajstić information content (AvgIpc) is 3.22. The zero-order valence-electron chi connectivity index (χ0n) is 22.8. The molecule has 1 aromatic carbocycles. The highest BCUT2D eigenvalue weighted by Gasteiger charge is 2.18. The fourth-order valence-corrected chi connectivity index (χ4v) is 4.96. The van der Waals surface area contributed by atoms with E-state index in [2.05, 4.69) is 28.9 Å². The van der Waals surface area contributed by atoms with Gasteiger partial charge in [0.25, 0.3) is 0 Å². The van der Waals surface area contributed by atoms with Crippen LogP contribution in [0.25, 0.3) is 11.0 Å². The van der Waals surface area contributed by atoms with Crippen LogP contribution in [0.15, 0.2) is 24.3 Å². The molecular formula is C30H51N3O2. The lowest BCUT2D eigenvalue weighted by atomic mass is 10.0. The molecule has 1 aromatic heterocycles. The van der Waals surface area contributed by atoms with E-state index in [4.69, 9.17) is 9.72 Å². The standard InChI is InChI=1S/C30H51N3O2/c1-4-5-6-7-8-9-10-11-12-13-14-15-16-17-18-21-24-33-28-23-20-19-22-27(28)32-30(33)26(2)31-29(34)25-35-3/h19-20,22-23,26H,4-18,21,24-25H2,1-3H3,(H,31,34). The van der Waals surface area contributed by atoms with E-state index in [-0.39, 0.29) is 18.6 Å². The smallest absolute Gasteiger partial charge is 0.246 e. The van der Waals surface area contributed by atoms with Crippen LogP contribution in [-0.2, 0) is 16.1 Å². The number of imidazole rings is 1. The molecule has 1 N–H and O–H groups in total. The van der Waals surface area contributed by atoms with Crippen LogP contribution in [0, 0.1) is 0 Å². The van der Waals surface area contributed by atoms with E-state index in [1.807, 2.05) is 19.1 Å². The molecule has 2 rings (SSSR count). The van der Waals surface area contributed by atoms with Crippen molar-refractivity contribution in [2.75, 3.05) is 13.7 Å². The van der Waals surface area contributed by atoms with Gasteiger partial charge in [-0.3, -0.25) is 4.79 Å². The molecule has 0 radical (unpaired) electrons. The molecule has 0 fully saturated rings. The third kappa shape index (κ3) is 11.6. The maximum atomic E-state index is 12.0. The molecule has 1 amide bonds. The molecule has 0 aliphatic rings. The normalized spacial score (nSPS) is 12.3. The third-order valence-electron chi connectivity index (χ3n) is 6.96. The van der Waals surface area contributed by atoms with Crippen LogP contribution < -0.4 is 5.32 Å². The summed E-state index contributed by atoms with van der Waals surface area (Å²) in [5.74, 6) is 0.817. The molecule has 5 nitrogen and oxygen atoms in total. The molecule has 0 saturated heterocycles. The van der Waals surface area contributed by atoms with Crippen LogP contribution in [0.3, 0.4) is 0 Å². The van der Waals surface area contributed by atoms with E-state index in [1.165, 1.54) is 103 Å². The molecule has 35 heavy (non-hydrogen) atoms. The Bertz CT molecular complexity index is 817. The minimum Gasteiger partial charge on any atom is -0.375 e. The van der Waals surface area contributed by atoms with E-state index >= 15 is 0 Å². The largest absolute Gasteiger partial charge is 0.375 e. The average molecular weight is 486 g/mol. The lowest BCUT2D eigenvalue weighted by molar-refractivity contribution is -0.125. The van der Waals surface area contributed by atoms with Gasteiger partial charge >= 0.3 is 0 Å². The van der Waals surface area contributed by atoms with Gasteiger partial charge < -0.3 is 14.6 Å². The van der Waals surface area contributed by atoms with E-state index in [1.54, 1.807) is 0 Å². The van der Waals surface area contributed by atoms with E-state index in [0.29, 0.717) is 0 Å². The number of methoxy groups -OCH3 is 1. The second-order valence-electron chi connectivity index (χ2n) is 10.1. The molecule has 0 bridgehead atoms. The highest BCUT2D eigenvalue weighted by Crippen LogP contribution is 2.22. The lowest BCUT2D eigenvalue weighted by Gasteiger charge is -2.16. The third-order valence-corrected chi connectivity index (χ3v) is 6.96. The number of nitrogens with zero attached hydrogens (tertiary/aromatic N) is 2. The number of ether oxygens (including phenoxy) is 1. The first kappa shape index (κ1) is 29.4. The SMILES string of the molecule is CCCCCCCCCCCCCCCCCCn1c(C(C)NC(=O)COC)nc2ccccc21. The Labute approximate surface area is 214 Å². The summed E-state index contributed by atoms with van der Waals surface area (Å²) in [5.41, 5.74) is 2.14. The molecule has 198 valence electrons. The van der Waals surface area contributed by atoms with Crippen molar-refractivity contribution < 1.29 is 9.53 Å². The minimum absolute atomic E-state index is 0.0731. The molecule has 0 aliphatic carbocycles. The Kier molecular flexibility index (Phi) is 15.4. The number of para-hydroxylation sites is 2. The predicted molar refractivity (Wildman–Crippen MR) is 148 cm³/mol. The monoisotopic (exact) mass is 485 g/mol. The molecule has 0 aliphatic heterocycles. The molecule has 5 heteroatoms. The van der Waals surface area contributed by atoms with Gasteiger partial charge in [0, 0.05) is 13.7 Å². The van der Waals surface area contributed by atoms with Crippen LogP contribution in [0.1, 0.15) is 128 Å². The molecule has 0 saturated carbocycles. The number of fused-ring (bicyclic) bond motifs is 1. The minimum atomic E-state index is -0.147. The van der Waals surface area contributed by atoms with Crippen molar-refractivity contribution in [3.8, 4) is 0 Å². The van der Waals surface area contributed by atoms with Crippen LogP contribution >= 0.6 is 0 Å². The van der Waals surface area contributed by atoms with Crippen molar-refractivity contribution in [1.82, 2.24) is 14.9 Å². The highest BCUT2D eigenvalue weighted by molar-refractivity contribution is 5.78. The maximum absolute atomic E-state index is 12.0. The van der Waals surface area contributed by atoms with Gasteiger partial charge in [-0.2, -0.15) is 0 Å². The summed E-state index contributed by atoms with van der Waals surface area (Å²) in [6.07, 6.45) is 22.0. The molecule has 1 unspecified atom stereocenters. The van der Waals surface area contributed by atoms with Gasteiger partial charge in [-0.1, -0.05) is 115 Å². The number of aryl methyl sites for hydroxylation is 1. The number of hydrogen-bond acceptors (Lipinski definition) is 3. The quantitative estimate of drug-likeness (QED) is 0.182. The first-order valence-corrected chi connectivity index (χ1v) is 14.4. The van der Waals surface area contributed by atoms with Crippen molar-refractivity contribution >= 4 is 16.9 Å². The van der Waals surface area contributed by atoms with Crippen LogP contribution in [0.4, 0.5) is 0 Å². The van der Waals surface area contributed by atoms with Crippen molar-refractivity contribution in [3.63, 3.8) is 0 Å². The van der Waals surface area contributed by atoms with Gasteiger partial charge in [0.15, 0.2) is 0 Å². The first-order valence-electron chi connectivity index (χ1n) is 14.4. The number of amides is 1. The molecular weight excluding hydrogens is 434 g/mol. The van der Waals surface area contributed by atoms with Gasteiger partial charge in [-0.25, -0.2) is 4.98 Å². The number of hydrogen-bond donors (Lipinski definition) is 1. The van der Waals surface area contributed by atoms with Gasteiger partial charge in [-0.15, -0.1) is 0 Å². The Morgan fingerprint density at radius 2 is 1.37 bits per heavy atom. The summed E-state index contributed by atoms with van der Waals surface area (Å²) >= 11 is 0. The fourth-order valence-electron chi connectivity index (χ4n) is 4.96. The fraction of sp³-hybridized carbons (Fsp3) is 0.733. The number of aromatic nitrogens is 2. The van der Waals surface area contributed by atoms with Gasteiger partial charge in [0.1, 0.15) is 12.4 Å². The maximum Gasteiger partial charge on any atom is 0.246 e.